The van der Waals surface area contributed by atoms with Gasteiger partial charge in [0.15, 0.2) is 0 Å². The molecule has 0 saturated heterocycles. The standard InChI is InChI=1S/C26H24FN3O2S/c1-16-10-11-17-13-18-14-23(33-25(18)29-21(17)12-16)26(32)30(22-9-5-4-8-20(22)27)15-24(31)28-19-6-2-3-7-19/h4-5,8-14,19H,2-3,6-7,15H2,1H3,(H,28,31). The van der Waals surface area contributed by atoms with E-state index >= 15 is 0 Å². The summed E-state index contributed by atoms with van der Waals surface area (Å²) in [6.45, 7) is 1.77. The maximum atomic E-state index is 14.7. The Morgan fingerprint density at radius 1 is 1.09 bits per heavy atom. The number of pyridine rings is 1. The quantitative estimate of drug-likeness (QED) is 0.421. The van der Waals surface area contributed by atoms with Crippen LogP contribution in [0.1, 0.15) is 40.9 Å². The van der Waals surface area contributed by atoms with Gasteiger partial charge in [0, 0.05) is 16.8 Å². The molecular weight excluding hydrogens is 437 g/mol. The molecule has 1 N–H and O–H groups in total. The smallest absolute Gasteiger partial charge is 0.269 e. The van der Waals surface area contributed by atoms with Crippen molar-refractivity contribution >= 4 is 50.0 Å². The van der Waals surface area contributed by atoms with E-state index in [0.29, 0.717) is 4.88 Å². The molecule has 1 aliphatic rings. The molecule has 4 aromatic rings. The Labute approximate surface area is 195 Å². The molecule has 2 heterocycles. The number of nitrogens with zero attached hydrogens (tertiary/aromatic N) is 2. The fourth-order valence-electron chi connectivity index (χ4n) is 4.40. The summed E-state index contributed by atoms with van der Waals surface area (Å²) in [4.78, 5) is 33.4. The molecular formula is C26H24FN3O2S. The Kier molecular flexibility index (Phi) is 5.81. The molecule has 0 spiro atoms. The number of benzene rings is 2. The van der Waals surface area contributed by atoms with Gasteiger partial charge in [0.05, 0.1) is 16.1 Å². The number of halogens is 1. The summed E-state index contributed by atoms with van der Waals surface area (Å²) in [7, 11) is 0. The summed E-state index contributed by atoms with van der Waals surface area (Å²) in [6, 6.07) is 16.0. The van der Waals surface area contributed by atoms with Gasteiger partial charge in [-0.15, -0.1) is 11.3 Å². The number of fused-ring (bicyclic) bond motifs is 2. The number of aryl methyl sites for hydroxylation is 1. The number of carbonyl (C=O) groups excluding carboxylic acids is 2. The van der Waals surface area contributed by atoms with E-state index in [1.54, 1.807) is 18.2 Å². The normalized spacial score (nSPS) is 14.1. The molecule has 1 saturated carbocycles. The average molecular weight is 462 g/mol. The second-order valence-electron chi connectivity index (χ2n) is 8.58. The Morgan fingerprint density at radius 2 is 1.88 bits per heavy atom. The zero-order chi connectivity index (χ0) is 22.9. The lowest BCUT2D eigenvalue weighted by Crippen LogP contribution is -2.43. The Hall–Kier alpha value is -3.32. The molecule has 0 bridgehead atoms. The molecule has 5 nitrogen and oxygen atoms in total. The maximum Gasteiger partial charge on any atom is 0.269 e. The minimum absolute atomic E-state index is 0.0928. The van der Waals surface area contributed by atoms with Gasteiger partial charge >= 0.3 is 0 Å². The Bertz CT molecular complexity index is 1360. The lowest BCUT2D eigenvalue weighted by molar-refractivity contribution is -0.120. The van der Waals surface area contributed by atoms with Gasteiger partial charge in [-0.1, -0.05) is 37.1 Å². The van der Waals surface area contributed by atoms with Crippen LogP contribution in [0.2, 0.25) is 0 Å². The van der Waals surface area contributed by atoms with Gasteiger partial charge in [-0.3, -0.25) is 14.5 Å². The van der Waals surface area contributed by atoms with E-state index in [9.17, 15) is 14.0 Å². The second-order valence-corrected chi connectivity index (χ2v) is 9.61. The zero-order valence-electron chi connectivity index (χ0n) is 18.3. The van der Waals surface area contributed by atoms with Gasteiger partial charge in [0.25, 0.3) is 5.91 Å². The fourth-order valence-corrected chi connectivity index (χ4v) is 5.37. The van der Waals surface area contributed by atoms with Gasteiger partial charge in [0.1, 0.15) is 17.2 Å². The first kappa shape index (κ1) is 21.5. The third-order valence-corrected chi connectivity index (χ3v) is 7.11. The molecule has 7 heteroatoms. The third-order valence-electron chi connectivity index (χ3n) is 6.08. The molecule has 2 aromatic carbocycles. The minimum Gasteiger partial charge on any atom is -0.352 e. The highest BCUT2D eigenvalue weighted by atomic mass is 32.1. The van der Waals surface area contributed by atoms with Crippen LogP contribution in [0.5, 0.6) is 0 Å². The van der Waals surface area contributed by atoms with Crippen molar-refractivity contribution in [3.63, 3.8) is 0 Å². The maximum absolute atomic E-state index is 14.7. The average Bonchev–Trinajstić information content (AvgIpc) is 3.45. The van der Waals surface area contributed by atoms with Gasteiger partial charge in [-0.2, -0.15) is 0 Å². The van der Waals surface area contributed by atoms with E-state index in [0.717, 1.165) is 52.4 Å². The number of carbonyl (C=O) groups is 2. The van der Waals surface area contributed by atoms with Crippen LogP contribution in [0.25, 0.3) is 21.1 Å². The highest BCUT2D eigenvalue weighted by molar-refractivity contribution is 7.20. The number of thiophene rings is 1. The lowest BCUT2D eigenvalue weighted by atomic mass is 10.1. The summed E-state index contributed by atoms with van der Waals surface area (Å²) >= 11 is 1.26. The van der Waals surface area contributed by atoms with Crippen molar-refractivity contribution in [1.29, 1.82) is 0 Å². The van der Waals surface area contributed by atoms with Crippen LogP contribution in [0, 0.1) is 12.7 Å². The van der Waals surface area contributed by atoms with Crippen molar-refractivity contribution in [3.05, 3.63) is 70.9 Å². The number of anilines is 1. The van der Waals surface area contributed by atoms with E-state index < -0.39 is 11.7 Å². The topological polar surface area (TPSA) is 62.3 Å². The van der Waals surface area contributed by atoms with Crippen molar-refractivity contribution in [3.8, 4) is 0 Å². The molecule has 0 aliphatic heterocycles. The number of para-hydroxylation sites is 1. The number of hydrogen-bond donors (Lipinski definition) is 1. The fraction of sp³-hybridized carbons (Fsp3) is 0.269. The zero-order valence-corrected chi connectivity index (χ0v) is 19.1. The number of aromatic nitrogens is 1. The van der Waals surface area contributed by atoms with Gasteiger partial charge < -0.3 is 5.32 Å². The summed E-state index contributed by atoms with van der Waals surface area (Å²) in [5, 5.41) is 4.84. The summed E-state index contributed by atoms with van der Waals surface area (Å²) in [6.07, 6.45) is 4.05. The first-order chi connectivity index (χ1) is 16.0. The van der Waals surface area contributed by atoms with E-state index in [1.807, 2.05) is 31.2 Å². The molecule has 33 heavy (non-hydrogen) atoms. The molecule has 1 fully saturated rings. The van der Waals surface area contributed by atoms with Crippen LogP contribution in [0.4, 0.5) is 10.1 Å². The van der Waals surface area contributed by atoms with Crippen LogP contribution in [0.15, 0.2) is 54.6 Å². The number of hydrogen-bond acceptors (Lipinski definition) is 4. The molecule has 0 atom stereocenters. The Morgan fingerprint density at radius 3 is 2.67 bits per heavy atom. The molecule has 1 aliphatic carbocycles. The molecule has 5 rings (SSSR count). The predicted molar refractivity (Wildman–Crippen MR) is 130 cm³/mol. The highest BCUT2D eigenvalue weighted by Crippen LogP contribution is 2.30. The van der Waals surface area contributed by atoms with E-state index in [1.165, 1.54) is 28.4 Å². The van der Waals surface area contributed by atoms with Crippen molar-refractivity contribution in [2.24, 2.45) is 0 Å². The Balaban J connectivity index is 1.49. The molecule has 0 radical (unpaired) electrons. The van der Waals surface area contributed by atoms with Crippen LogP contribution < -0.4 is 10.2 Å². The van der Waals surface area contributed by atoms with E-state index in [-0.39, 0.29) is 24.2 Å². The first-order valence-corrected chi connectivity index (χ1v) is 12.0. The van der Waals surface area contributed by atoms with Crippen molar-refractivity contribution in [1.82, 2.24) is 10.3 Å². The first-order valence-electron chi connectivity index (χ1n) is 11.1. The monoisotopic (exact) mass is 461 g/mol. The molecule has 2 amide bonds. The molecule has 168 valence electrons. The summed E-state index contributed by atoms with van der Waals surface area (Å²) in [5.41, 5.74) is 2.07. The highest BCUT2D eigenvalue weighted by Gasteiger charge is 2.26. The molecule has 0 unspecified atom stereocenters. The summed E-state index contributed by atoms with van der Waals surface area (Å²) in [5.74, 6) is -1.23. The van der Waals surface area contributed by atoms with E-state index in [4.69, 9.17) is 4.98 Å². The predicted octanol–water partition coefficient (Wildman–Crippen LogP) is 5.60. The van der Waals surface area contributed by atoms with Crippen molar-refractivity contribution in [2.75, 3.05) is 11.4 Å². The SMILES string of the molecule is Cc1ccc2cc3cc(C(=O)N(CC(=O)NC4CCCC4)c4ccccc4F)sc3nc2c1. The van der Waals surface area contributed by atoms with E-state index in [2.05, 4.69) is 5.32 Å². The second kappa shape index (κ2) is 8.90. The largest absolute Gasteiger partial charge is 0.352 e. The summed E-state index contributed by atoms with van der Waals surface area (Å²) < 4.78 is 14.7. The van der Waals surface area contributed by atoms with Gasteiger partial charge in [-0.05, 0) is 55.7 Å². The van der Waals surface area contributed by atoms with Crippen LogP contribution in [-0.2, 0) is 4.79 Å². The lowest BCUT2D eigenvalue weighted by Gasteiger charge is -2.23. The third kappa shape index (κ3) is 4.46. The van der Waals surface area contributed by atoms with Crippen LogP contribution in [-0.4, -0.2) is 29.4 Å². The van der Waals surface area contributed by atoms with Gasteiger partial charge in [0.2, 0.25) is 5.91 Å². The van der Waals surface area contributed by atoms with Crippen molar-refractivity contribution < 1.29 is 14.0 Å². The van der Waals surface area contributed by atoms with Gasteiger partial charge in [-0.25, -0.2) is 9.37 Å². The number of rotatable bonds is 5. The van der Waals surface area contributed by atoms with Crippen LogP contribution >= 0.6 is 11.3 Å². The van der Waals surface area contributed by atoms with Crippen LogP contribution in [0.3, 0.4) is 0 Å². The van der Waals surface area contributed by atoms with Crippen molar-refractivity contribution in [2.45, 2.75) is 38.6 Å². The molecule has 2 aromatic heterocycles. The minimum atomic E-state index is -0.542. The number of nitrogens with one attached hydrogen (secondary N) is 1. The number of amides is 2.